The van der Waals surface area contributed by atoms with Gasteiger partial charge >= 0.3 is 0 Å². The Morgan fingerprint density at radius 2 is 2.04 bits per heavy atom. The maximum Gasteiger partial charge on any atom is 0.272 e. The molecule has 2 aromatic rings. The van der Waals surface area contributed by atoms with E-state index in [0.29, 0.717) is 26.2 Å². The molecule has 2 heterocycles. The van der Waals surface area contributed by atoms with Crippen molar-refractivity contribution in [2.45, 2.75) is 0 Å². The van der Waals surface area contributed by atoms with Gasteiger partial charge in [-0.15, -0.1) is 11.3 Å². The summed E-state index contributed by atoms with van der Waals surface area (Å²) in [6.45, 7) is 2.14. The van der Waals surface area contributed by atoms with E-state index in [4.69, 9.17) is 0 Å². The third-order valence-corrected chi connectivity index (χ3v) is 4.48. The van der Waals surface area contributed by atoms with Crippen LogP contribution in [0.15, 0.2) is 29.8 Å². The van der Waals surface area contributed by atoms with Crippen LogP contribution in [0.2, 0.25) is 0 Å². The molecule has 7 nitrogen and oxygen atoms in total. The molecular weight excluding hydrogens is 323 g/mol. The lowest BCUT2D eigenvalue weighted by atomic mass is 10.1. The van der Waals surface area contributed by atoms with Crippen LogP contribution >= 0.6 is 11.3 Å². The fourth-order valence-corrected chi connectivity index (χ4v) is 3.13. The first-order valence-electron chi connectivity index (χ1n) is 6.94. The second-order valence-electron chi connectivity index (χ2n) is 5.02. The lowest BCUT2D eigenvalue weighted by Gasteiger charge is -2.34. The first-order valence-corrected chi connectivity index (χ1v) is 7.82. The van der Waals surface area contributed by atoms with Crippen LogP contribution in [0.3, 0.4) is 0 Å². The zero-order valence-electron chi connectivity index (χ0n) is 12.0. The standard InChI is InChI=1S/C14H13FN4O3S/c15-12-9-10(19(21)22)1-2-11(12)13(20)17-4-6-18(7-5-17)14-16-3-8-23-14/h1-3,8-9H,4-7H2. The van der Waals surface area contributed by atoms with E-state index in [0.717, 1.165) is 17.3 Å². The van der Waals surface area contributed by atoms with Gasteiger partial charge in [0.25, 0.3) is 11.6 Å². The molecule has 0 unspecified atom stereocenters. The number of carbonyl (C=O) groups is 1. The number of thiazole rings is 1. The third kappa shape index (κ3) is 3.14. The van der Waals surface area contributed by atoms with Crippen molar-refractivity contribution in [3.05, 3.63) is 51.3 Å². The van der Waals surface area contributed by atoms with E-state index in [1.807, 2.05) is 5.38 Å². The molecule has 9 heteroatoms. The summed E-state index contributed by atoms with van der Waals surface area (Å²) in [4.78, 5) is 30.2. The van der Waals surface area contributed by atoms with Crippen molar-refractivity contribution in [1.29, 1.82) is 0 Å². The van der Waals surface area contributed by atoms with Gasteiger partial charge in [0, 0.05) is 43.8 Å². The van der Waals surface area contributed by atoms with Gasteiger partial charge in [0.05, 0.1) is 16.6 Å². The smallest absolute Gasteiger partial charge is 0.272 e. The Labute approximate surface area is 135 Å². The highest BCUT2D eigenvalue weighted by molar-refractivity contribution is 7.13. The van der Waals surface area contributed by atoms with Crippen LogP contribution in [0.4, 0.5) is 15.2 Å². The minimum atomic E-state index is -0.869. The number of anilines is 1. The second-order valence-corrected chi connectivity index (χ2v) is 5.89. The van der Waals surface area contributed by atoms with Crippen molar-refractivity contribution in [3.8, 4) is 0 Å². The fourth-order valence-electron chi connectivity index (χ4n) is 2.43. The van der Waals surface area contributed by atoms with Gasteiger partial charge in [0.1, 0.15) is 5.82 Å². The predicted molar refractivity (Wildman–Crippen MR) is 83.3 cm³/mol. The summed E-state index contributed by atoms with van der Waals surface area (Å²) in [6, 6.07) is 3.09. The predicted octanol–water partition coefficient (Wildman–Crippen LogP) is 2.15. The van der Waals surface area contributed by atoms with Gasteiger partial charge in [-0.25, -0.2) is 9.37 Å². The molecule has 0 spiro atoms. The Bertz CT molecular complexity index is 730. The topological polar surface area (TPSA) is 79.6 Å². The molecule has 0 saturated carbocycles. The molecule has 1 aromatic carbocycles. The van der Waals surface area contributed by atoms with Crippen LogP contribution in [0.1, 0.15) is 10.4 Å². The van der Waals surface area contributed by atoms with Crippen LogP contribution in [-0.2, 0) is 0 Å². The molecular formula is C14H13FN4O3S. The van der Waals surface area contributed by atoms with E-state index < -0.39 is 16.6 Å². The molecule has 1 aliphatic heterocycles. The minimum Gasteiger partial charge on any atom is -0.345 e. The molecule has 0 radical (unpaired) electrons. The SMILES string of the molecule is O=C(c1ccc([N+](=O)[O-])cc1F)N1CCN(c2nccs2)CC1. The number of nitro benzene ring substituents is 1. The van der Waals surface area contributed by atoms with Gasteiger partial charge in [0.15, 0.2) is 5.13 Å². The van der Waals surface area contributed by atoms with Crippen LogP contribution in [0.25, 0.3) is 0 Å². The summed E-state index contributed by atoms with van der Waals surface area (Å²) < 4.78 is 13.9. The molecule has 1 saturated heterocycles. The lowest BCUT2D eigenvalue weighted by Crippen LogP contribution is -2.49. The summed E-state index contributed by atoms with van der Waals surface area (Å²) in [6.07, 6.45) is 1.73. The van der Waals surface area contributed by atoms with Crippen LogP contribution in [0, 0.1) is 15.9 Å². The van der Waals surface area contributed by atoms with E-state index in [1.54, 1.807) is 11.1 Å². The maximum atomic E-state index is 13.9. The monoisotopic (exact) mass is 336 g/mol. The zero-order chi connectivity index (χ0) is 16.4. The summed E-state index contributed by atoms with van der Waals surface area (Å²) in [5, 5.41) is 13.4. The van der Waals surface area contributed by atoms with Gasteiger partial charge in [-0.05, 0) is 6.07 Å². The van der Waals surface area contributed by atoms with Gasteiger partial charge < -0.3 is 9.80 Å². The van der Waals surface area contributed by atoms with Crippen molar-refractivity contribution in [1.82, 2.24) is 9.88 Å². The number of non-ortho nitro benzene ring substituents is 1. The largest absolute Gasteiger partial charge is 0.345 e. The minimum absolute atomic E-state index is 0.140. The highest BCUT2D eigenvalue weighted by Gasteiger charge is 2.25. The maximum absolute atomic E-state index is 13.9. The molecule has 1 fully saturated rings. The van der Waals surface area contributed by atoms with Crippen molar-refractivity contribution in [2.75, 3.05) is 31.1 Å². The van der Waals surface area contributed by atoms with E-state index >= 15 is 0 Å². The van der Waals surface area contributed by atoms with Gasteiger partial charge in [-0.2, -0.15) is 0 Å². The number of aromatic nitrogens is 1. The number of nitrogens with zero attached hydrogens (tertiary/aromatic N) is 4. The average molecular weight is 336 g/mol. The molecule has 0 atom stereocenters. The van der Waals surface area contributed by atoms with Crippen molar-refractivity contribution in [2.24, 2.45) is 0 Å². The normalized spacial score (nSPS) is 14.8. The quantitative estimate of drug-likeness (QED) is 0.634. The summed E-state index contributed by atoms with van der Waals surface area (Å²) in [7, 11) is 0. The summed E-state index contributed by atoms with van der Waals surface area (Å²) >= 11 is 1.53. The number of benzene rings is 1. The van der Waals surface area contributed by atoms with E-state index in [9.17, 15) is 19.3 Å². The van der Waals surface area contributed by atoms with Crippen LogP contribution in [0.5, 0.6) is 0 Å². The highest BCUT2D eigenvalue weighted by Crippen LogP contribution is 2.21. The molecule has 0 bridgehead atoms. The van der Waals surface area contributed by atoms with Crippen LogP contribution < -0.4 is 4.90 Å². The Balaban J connectivity index is 1.69. The Hall–Kier alpha value is -2.55. The molecule has 23 heavy (non-hydrogen) atoms. The van der Waals surface area contributed by atoms with E-state index in [2.05, 4.69) is 9.88 Å². The first kappa shape index (κ1) is 15.3. The summed E-state index contributed by atoms with van der Waals surface area (Å²) in [5.74, 6) is -1.32. The molecule has 1 amide bonds. The lowest BCUT2D eigenvalue weighted by molar-refractivity contribution is -0.385. The molecule has 1 aromatic heterocycles. The molecule has 120 valence electrons. The highest BCUT2D eigenvalue weighted by atomic mass is 32.1. The average Bonchev–Trinajstić information content (AvgIpc) is 3.08. The van der Waals surface area contributed by atoms with Gasteiger partial charge in [0.2, 0.25) is 0 Å². The van der Waals surface area contributed by atoms with Crippen molar-refractivity contribution < 1.29 is 14.1 Å². The number of amides is 1. The molecule has 0 aliphatic carbocycles. The number of nitro groups is 1. The van der Waals surface area contributed by atoms with Crippen molar-refractivity contribution >= 4 is 28.1 Å². The molecule has 3 rings (SSSR count). The van der Waals surface area contributed by atoms with Crippen molar-refractivity contribution in [3.63, 3.8) is 0 Å². The number of hydrogen-bond acceptors (Lipinski definition) is 6. The Kier molecular flexibility index (Phi) is 4.20. The van der Waals surface area contributed by atoms with E-state index in [1.165, 1.54) is 17.4 Å². The fraction of sp³-hybridized carbons (Fsp3) is 0.286. The number of piperazine rings is 1. The third-order valence-electron chi connectivity index (χ3n) is 3.65. The zero-order valence-corrected chi connectivity index (χ0v) is 12.8. The second kappa shape index (κ2) is 6.29. The Morgan fingerprint density at radius 3 is 2.61 bits per heavy atom. The van der Waals surface area contributed by atoms with Gasteiger partial charge in [-0.3, -0.25) is 14.9 Å². The summed E-state index contributed by atoms with van der Waals surface area (Å²) in [5.41, 5.74) is -0.508. The number of carbonyl (C=O) groups excluding carboxylic acids is 1. The van der Waals surface area contributed by atoms with Gasteiger partial charge in [-0.1, -0.05) is 0 Å². The molecule has 1 aliphatic rings. The van der Waals surface area contributed by atoms with E-state index in [-0.39, 0.29) is 11.3 Å². The molecule has 0 N–H and O–H groups in total. The first-order chi connectivity index (χ1) is 11.1. The van der Waals surface area contributed by atoms with Crippen LogP contribution in [-0.4, -0.2) is 46.9 Å². The Morgan fingerprint density at radius 1 is 1.30 bits per heavy atom. The number of halogens is 1. The number of rotatable bonds is 3. The number of hydrogen-bond donors (Lipinski definition) is 0.